The highest BCUT2D eigenvalue weighted by Gasteiger charge is 2.19. The minimum Gasteiger partial charge on any atom is -0.496 e. The van der Waals surface area contributed by atoms with E-state index in [1.165, 1.54) is 17.5 Å². The Morgan fingerprint density at radius 1 is 1.17 bits per heavy atom. The summed E-state index contributed by atoms with van der Waals surface area (Å²) in [5.41, 5.74) is 8.51. The van der Waals surface area contributed by atoms with Gasteiger partial charge in [0.1, 0.15) is 11.5 Å². The number of nitrogens with zero attached hydrogens (tertiary/aromatic N) is 4. The van der Waals surface area contributed by atoms with Crippen molar-refractivity contribution < 1.29 is 9.47 Å². The number of aromatic nitrogens is 2. The van der Waals surface area contributed by atoms with E-state index in [9.17, 15) is 0 Å². The van der Waals surface area contributed by atoms with Crippen LogP contribution in [-0.2, 0) is 0 Å². The van der Waals surface area contributed by atoms with Crippen LogP contribution in [0.5, 0.6) is 11.5 Å². The molecule has 0 unspecified atom stereocenters. The van der Waals surface area contributed by atoms with Gasteiger partial charge in [0.2, 0.25) is 5.95 Å². The van der Waals surface area contributed by atoms with Gasteiger partial charge >= 0.3 is 0 Å². The molecule has 1 aliphatic rings. The number of anilines is 2. The van der Waals surface area contributed by atoms with Crippen LogP contribution in [0.15, 0.2) is 23.4 Å². The number of nitrogen functional groups attached to an aromatic ring is 1. The van der Waals surface area contributed by atoms with Gasteiger partial charge in [0.15, 0.2) is 0 Å². The van der Waals surface area contributed by atoms with E-state index in [0.29, 0.717) is 5.95 Å². The van der Waals surface area contributed by atoms with Gasteiger partial charge in [-0.2, -0.15) is 5.10 Å². The van der Waals surface area contributed by atoms with Crippen molar-refractivity contribution in [3.63, 3.8) is 0 Å². The van der Waals surface area contributed by atoms with Crippen LogP contribution in [0.25, 0.3) is 0 Å². The van der Waals surface area contributed by atoms with E-state index in [0.717, 1.165) is 41.5 Å². The third-order valence-corrected chi connectivity index (χ3v) is 4.13. The van der Waals surface area contributed by atoms with E-state index >= 15 is 0 Å². The number of imidazole rings is 1. The van der Waals surface area contributed by atoms with Gasteiger partial charge in [-0.25, -0.2) is 9.66 Å². The van der Waals surface area contributed by atoms with Gasteiger partial charge < -0.3 is 20.1 Å². The largest absolute Gasteiger partial charge is 0.496 e. The minimum atomic E-state index is 0.350. The fourth-order valence-corrected chi connectivity index (χ4v) is 2.93. The SMILES string of the molecule is COc1cc(N2CCCC2)c(OC)cc1C=Nn1cc(C)nc1N. The molecule has 2 aromatic rings. The van der Waals surface area contributed by atoms with Crippen molar-refractivity contribution >= 4 is 17.9 Å². The summed E-state index contributed by atoms with van der Waals surface area (Å²) >= 11 is 0. The highest BCUT2D eigenvalue weighted by molar-refractivity contribution is 5.86. The van der Waals surface area contributed by atoms with Crippen LogP contribution in [0.4, 0.5) is 11.6 Å². The lowest BCUT2D eigenvalue weighted by molar-refractivity contribution is 0.402. The molecule has 0 atom stereocenters. The fraction of sp³-hybridized carbons (Fsp3) is 0.412. The first-order valence-electron chi connectivity index (χ1n) is 7.99. The van der Waals surface area contributed by atoms with Gasteiger partial charge in [0.25, 0.3) is 0 Å². The average molecular weight is 329 g/mol. The summed E-state index contributed by atoms with van der Waals surface area (Å²) in [7, 11) is 3.34. The van der Waals surface area contributed by atoms with Gasteiger partial charge in [-0.3, -0.25) is 0 Å². The summed E-state index contributed by atoms with van der Waals surface area (Å²) < 4.78 is 12.7. The number of aryl methyl sites for hydroxylation is 1. The molecule has 128 valence electrons. The summed E-state index contributed by atoms with van der Waals surface area (Å²) in [5.74, 6) is 1.91. The summed E-state index contributed by atoms with van der Waals surface area (Å²) in [4.78, 5) is 6.45. The number of hydrogen-bond acceptors (Lipinski definition) is 6. The maximum Gasteiger partial charge on any atom is 0.221 e. The Morgan fingerprint density at radius 3 is 2.46 bits per heavy atom. The number of rotatable bonds is 5. The van der Waals surface area contributed by atoms with E-state index in [2.05, 4.69) is 15.0 Å². The van der Waals surface area contributed by atoms with Gasteiger partial charge in [-0.05, 0) is 25.8 Å². The Balaban J connectivity index is 1.96. The second-order valence-electron chi connectivity index (χ2n) is 5.79. The molecule has 0 aliphatic carbocycles. The molecule has 1 aromatic carbocycles. The third-order valence-electron chi connectivity index (χ3n) is 4.13. The predicted molar refractivity (Wildman–Crippen MR) is 95.4 cm³/mol. The lowest BCUT2D eigenvalue weighted by Crippen LogP contribution is -2.18. The first-order valence-corrected chi connectivity index (χ1v) is 7.99. The minimum absolute atomic E-state index is 0.350. The zero-order valence-corrected chi connectivity index (χ0v) is 14.3. The Bertz CT molecular complexity index is 748. The Hall–Kier alpha value is -2.70. The molecule has 0 radical (unpaired) electrons. The highest BCUT2D eigenvalue weighted by Crippen LogP contribution is 2.36. The number of nitrogens with two attached hydrogens (primary N) is 1. The summed E-state index contributed by atoms with van der Waals surface area (Å²) in [6.07, 6.45) is 5.88. The molecule has 1 aliphatic heterocycles. The molecule has 0 saturated carbocycles. The Labute approximate surface area is 141 Å². The molecule has 7 heteroatoms. The van der Waals surface area contributed by atoms with Gasteiger partial charge in [-0.15, -0.1) is 0 Å². The zero-order chi connectivity index (χ0) is 17.1. The maximum atomic E-state index is 5.81. The fourth-order valence-electron chi connectivity index (χ4n) is 2.93. The van der Waals surface area contributed by atoms with Crippen molar-refractivity contribution in [3.8, 4) is 11.5 Å². The smallest absolute Gasteiger partial charge is 0.221 e. The first kappa shape index (κ1) is 16.2. The number of hydrogen-bond donors (Lipinski definition) is 1. The normalized spacial score (nSPS) is 14.5. The zero-order valence-electron chi connectivity index (χ0n) is 14.3. The average Bonchev–Trinajstić information content (AvgIpc) is 3.21. The van der Waals surface area contributed by atoms with Crippen molar-refractivity contribution in [1.82, 2.24) is 9.66 Å². The quantitative estimate of drug-likeness (QED) is 0.852. The van der Waals surface area contributed by atoms with Gasteiger partial charge in [0.05, 0.1) is 38.0 Å². The highest BCUT2D eigenvalue weighted by atomic mass is 16.5. The molecule has 1 fully saturated rings. The first-order chi connectivity index (χ1) is 11.6. The second kappa shape index (κ2) is 6.82. The Morgan fingerprint density at radius 2 is 1.88 bits per heavy atom. The van der Waals surface area contributed by atoms with Crippen LogP contribution >= 0.6 is 0 Å². The lowest BCUT2D eigenvalue weighted by atomic mass is 10.1. The van der Waals surface area contributed by atoms with Gasteiger partial charge in [0, 0.05) is 24.7 Å². The lowest BCUT2D eigenvalue weighted by Gasteiger charge is -2.22. The van der Waals surface area contributed by atoms with Crippen molar-refractivity contribution in [3.05, 3.63) is 29.6 Å². The molecule has 2 N–H and O–H groups in total. The molecule has 2 heterocycles. The summed E-state index contributed by atoms with van der Waals surface area (Å²) in [5, 5.41) is 4.36. The van der Waals surface area contributed by atoms with Crippen LogP contribution in [0.2, 0.25) is 0 Å². The van der Waals surface area contributed by atoms with Crippen molar-refractivity contribution in [1.29, 1.82) is 0 Å². The van der Waals surface area contributed by atoms with Crippen molar-refractivity contribution in [2.45, 2.75) is 19.8 Å². The second-order valence-corrected chi connectivity index (χ2v) is 5.79. The van der Waals surface area contributed by atoms with Crippen molar-refractivity contribution in [2.24, 2.45) is 5.10 Å². The molecule has 3 rings (SSSR count). The standard InChI is InChI=1S/C17H23N5O2/c1-12-11-22(17(18)20-12)19-10-13-8-16(24-3)14(9-15(13)23-2)21-6-4-5-7-21/h8-11H,4-7H2,1-3H3,(H2,18,20). The topological polar surface area (TPSA) is 77.9 Å². The molecule has 7 nitrogen and oxygen atoms in total. The Kier molecular flexibility index (Phi) is 4.59. The summed E-state index contributed by atoms with van der Waals surface area (Å²) in [6, 6.07) is 3.95. The van der Waals surface area contributed by atoms with Gasteiger partial charge in [-0.1, -0.05) is 0 Å². The van der Waals surface area contributed by atoms with Crippen LogP contribution in [-0.4, -0.2) is 43.2 Å². The molecular formula is C17H23N5O2. The molecule has 0 amide bonds. The third kappa shape index (κ3) is 3.15. The number of ether oxygens (including phenoxy) is 2. The van der Waals surface area contributed by atoms with Crippen LogP contribution in [0.3, 0.4) is 0 Å². The molecule has 0 bridgehead atoms. The maximum absolute atomic E-state index is 5.81. The van der Waals surface area contributed by atoms with E-state index in [-0.39, 0.29) is 0 Å². The van der Waals surface area contributed by atoms with Crippen LogP contribution in [0.1, 0.15) is 24.1 Å². The molecular weight excluding hydrogens is 306 g/mol. The predicted octanol–water partition coefficient (Wildman–Crippen LogP) is 2.27. The monoisotopic (exact) mass is 329 g/mol. The van der Waals surface area contributed by atoms with Crippen LogP contribution in [0, 0.1) is 6.92 Å². The van der Waals surface area contributed by atoms with E-state index in [1.807, 2.05) is 19.1 Å². The molecule has 24 heavy (non-hydrogen) atoms. The van der Waals surface area contributed by atoms with E-state index in [4.69, 9.17) is 15.2 Å². The van der Waals surface area contributed by atoms with E-state index in [1.54, 1.807) is 26.6 Å². The molecule has 1 saturated heterocycles. The van der Waals surface area contributed by atoms with Crippen LogP contribution < -0.4 is 20.1 Å². The number of benzene rings is 1. The van der Waals surface area contributed by atoms with E-state index < -0.39 is 0 Å². The van der Waals surface area contributed by atoms with Crippen molar-refractivity contribution in [2.75, 3.05) is 37.9 Å². The molecule has 0 spiro atoms. The number of methoxy groups -OCH3 is 2. The summed E-state index contributed by atoms with van der Waals surface area (Å²) in [6.45, 7) is 3.95. The molecule has 1 aromatic heterocycles.